The first-order valence-electron chi connectivity index (χ1n) is 5.16. The van der Waals surface area contributed by atoms with E-state index in [0.717, 1.165) is 0 Å². The molecule has 1 aliphatic rings. The van der Waals surface area contributed by atoms with Gasteiger partial charge in [-0.25, -0.2) is 0 Å². The van der Waals surface area contributed by atoms with E-state index in [1.807, 2.05) is 13.8 Å². The minimum absolute atomic E-state index is 0.0108. The van der Waals surface area contributed by atoms with E-state index in [2.05, 4.69) is 0 Å². The normalized spacial score (nSPS) is 34.5. The summed E-state index contributed by atoms with van der Waals surface area (Å²) < 4.78 is 11.1. The van der Waals surface area contributed by atoms with Crippen molar-refractivity contribution in [3.63, 3.8) is 0 Å². The van der Waals surface area contributed by atoms with Crippen molar-refractivity contribution in [2.24, 2.45) is 11.8 Å². The first kappa shape index (κ1) is 11.9. The monoisotopic (exact) mass is 204 g/mol. The molecule has 0 saturated carbocycles. The minimum atomic E-state index is -0.260. The Morgan fingerprint density at radius 3 is 2.50 bits per heavy atom. The van der Waals surface area contributed by atoms with E-state index in [-0.39, 0.29) is 37.4 Å². The molecule has 0 radical (unpaired) electrons. The Balaban J connectivity index is 2.53. The van der Waals surface area contributed by atoms with Gasteiger partial charge in [0.1, 0.15) is 0 Å². The number of aliphatic hydroxyl groups excluding tert-OH is 2. The van der Waals surface area contributed by atoms with E-state index in [4.69, 9.17) is 19.7 Å². The summed E-state index contributed by atoms with van der Waals surface area (Å²) in [6.07, 6.45) is 0.196. The molecular weight excluding hydrogens is 184 g/mol. The van der Waals surface area contributed by atoms with Crippen LogP contribution in [0.2, 0.25) is 0 Å². The van der Waals surface area contributed by atoms with Crippen molar-refractivity contribution in [3.8, 4) is 0 Å². The summed E-state index contributed by atoms with van der Waals surface area (Å²) in [5.41, 5.74) is 0. The van der Waals surface area contributed by atoms with Crippen LogP contribution in [-0.4, -0.2) is 42.4 Å². The molecular formula is C10H20O4. The molecule has 84 valence electrons. The van der Waals surface area contributed by atoms with Gasteiger partial charge in [0.2, 0.25) is 0 Å². The molecule has 0 aliphatic carbocycles. The summed E-state index contributed by atoms with van der Waals surface area (Å²) in [6, 6.07) is 0. The minimum Gasteiger partial charge on any atom is -0.396 e. The van der Waals surface area contributed by atoms with E-state index in [1.165, 1.54) is 0 Å². The third-order valence-corrected chi connectivity index (χ3v) is 2.43. The van der Waals surface area contributed by atoms with Gasteiger partial charge in [-0.2, -0.15) is 0 Å². The lowest BCUT2D eigenvalue weighted by Gasteiger charge is -2.22. The molecule has 1 heterocycles. The highest BCUT2D eigenvalue weighted by Gasteiger charge is 2.27. The summed E-state index contributed by atoms with van der Waals surface area (Å²) in [5, 5.41) is 18.1. The van der Waals surface area contributed by atoms with Crippen LogP contribution < -0.4 is 0 Å². The third kappa shape index (κ3) is 3.20. The first-order chi connectivity index (χ1) is 6.67. The lowest BCUT2D eigenvalue weighted by molar-refractivity contribution is -0.183. The number of hydrogen-bond donors (Lipinski definition) is 2. The van der Waals surface area contributed by atoms with E-state index >= 15 is 0 Å². The van der Waals surface area contributed by atoms with E-state index in [0.29, 0.717) is 13.0 Å². The molecule has 4 heteroatoms. The van der Waals surface area contributed by atoms with Gasteiger partial charge in [-0.3, -0.25) is 0 Å². The van der Waals surface area contributed by atoms with Crippen LogP contribution in [0.4, 0.5) is 0 Å². The topological polar surface area (TPSA) is 58.9 Å². The Hall–Kier alpha value is -0.160. The Kier molecular flexibility index (Phi) is 4.81. The molecule has 0 spiro atoms. The zero-order valence-electron chi connectivity index (χ0n) is 8.85. The Morgan fingerprint density at radius 1 is 1.29 bits per heavy atom. The second-order valence-electron chi connectivity index (χ2n) is 4.17. The van der Waals surface area contributed by atoms with E-state index in [1.54, 1.807) is 0 Å². The lowest BCUT2D eigenvalue weighted by atomic mass is 10.0. The summed E-state index contributed by atoms with van der Waals surface area (Å²) >= 11 is 0. The van der Waals surface area contributed by atoms with Crippen LogP contribution in [0.3, 0.4) is 0 Å². The van der Waals surface area contributed by atoms with Crippen molar-refractivity contribution in [1.29, 1.82) is 0 Å². The Bertz CT molecular complexity index is 160. The summed E-state index contributed by atoms with van der Waals surface area (Å²) in [7, 11) is 0. The lowest BCUT2D eigenvalue weighted by Crippen LogP contribution is -2.28. The summed E-state index contributed by atoms with van der Waals surface area (Å²) in [6.45, 7) is 4.61. The molecule has 0 amide bonds. The molecule has 14 heavy (non-hydrogen) atoms. The highest BCUT2D eigenvalue weighted by molar-refractivity contribution is 4.70. The summed E-state index contributed by atoms with van der Waals surface area (Å²) in [4.78, 5) is 0. The zero-order chi connectivity index (χ0) is 10.6. The van der Waals surface area contributed by atoms with Gasteiger partial charge in [0.15, 0.2) is 6.29 Å². The average molecular weight is 204 g/mol. The maximum Gasteiger partial charge on any atom is 0.160 e. The first-order valence-corrected chi connectivity index (χ1v) is 5.16. The van der Waals surface area contributed by atoms with Crippen LogP contribution in [0, 0.1) is 11.8 Å². The highest BCUT2D eigenvalue weighted by Crippen LogP contribution is 2.21. The largest absolute Gasteiger partial charge is 0.396 e. The van der Waals surface area contributed by atoms with Crippen LogP contribution >= 0.6 is 0 Å². The molecule has 1 rings (SSSR count). The standard InChI is InChI=1S/C10H20O4/c1-7(2)10-13-6-8(4-11)3-9(5-12)14-10/h7-12H,3-6H2,1-2H3. The molecule has 2 N–H and O–H groups in total. The number of ether oxygens (including phenoxy) is 2. The second-order valence-corrected chi connectivity index (χ2v) is 4.17. The van der Waals surface area contributed by atoms with Gasteiger partial charge in [0, 0.05) is 18.4 Å². The average Bonchev–Trinajstić information content (AvgIpc) is 2.39. The maximum absolute atomic E-state index is 9.07. The van der Waals surface area contributed by atoms with Gasteiger partial charge in [-0.15, -0.1) is 0 Å². The molecule has 0 aromatic heterocycles. The SMILES string of the molecule is CC(C)C1OCC(CO)CC(CO)O1. The maximum atomic E-state index is 9.07. The summed E-state index contributed by atoms with van der Waals surface area (Å²) in [5.74, 6) is 0.345. The molecule has 3 atom stereocenters. The number of aliphatic hydroxyl groups is 2. The number of rotatable bonds is 3. The van der Waals surface area contributed by atoms with Gasteiger partial charge in [0.25, 0.3) is 0 Å². The smallest absolute Gasteiger partial charge is 0.160 e. The second kappa shape index (κ2) is 5.66. The zero-order valence-corrected chi connectivity index (χ0v) is 8.85. The van der Waals surface area contributed by atoms with Crippen molar-refractivity contribution in [3.05, 3.63) is 0 Å². The van der Waals surface area contributed by atoms with E-state index < -0.39 is 0 Å². The van der Waals surface area contributed by atoms with Crippen molar-refractivity contribution in [1.82, 2.24) is 0 Å². The van der Waals surface area contributed by atoms with Crippen LogP contribution in [0.1, 0.15) is 20.3 Å². The van der Waals surface area contributed by atoms with Crippen LogP contribution in [0.15, 0.2) is 0 Å². The molecule has 0 bridgehead atoms. The molecule has 0 aromatic carbocycles. The molecule has 3 unspecified atom stereocenters. The van der Waals surface area contributed by atoms with Crippen molar-refractivity contribution < 1.29 is 19.7 Å². The van der Waals surface area contributed by atoms with Gasteiger partial charge in [0.05, 0.1) is 19.3 Å². The molecule has 1 fully saturated rings. The fraction of sp³-hybridized carbons (Fsp3) is 1.00. The highest BCUT2D eigenvalue weighted by atomic mass is 16.7. The van der Waals surface area contributed by atoms with Crippen LogP contribution in [0.25, 0.3) is 0 Å². The van der Waals surface area contributed by atoms with Gasteiger partial charge >= 0.3 is 0 Å². The Morgan fingerprint density at radius 2 is 2.00 bits per heavy atom. The van der Waals surface area contributed by atoms with Gasteiger partial charge in [-0.05, 0) is 6.42 Å². The fourth-order valence-corrected chi connectivity index (χ4v) is 1.55. The van der Waals surface area contributed by atoms with Crippen LogP contribution in [-0.2, 0) is 9.47 Å². The molecule has 1 saturated heterocycles. The predicted octanol–water partition coefficient (Wildman–Crippen LogP) is 0.375. The van der Waals surface area contributed by atoms with Crippen molar-refractivity contribution >= 4 is 0 Å². The third-order valence-electron chi connectivity index (χ3n) is 2.43. The molecule has 4 nitrogen and oxygen atoms in total. The van der Waals surface area contributed by atoms with Crippen LogP contribution in [0.5, 0.6) is 0 Å². The molecule has 1 aliphatic heterocycles. The van der Waals surface area contributed by atoms with Gasteiger partial charge in [-0.1, -0.05) is 13.8 Å². The van der Waals surface area contributed by atoms with E-state index in [9.17, 15) is 0 Å². The molecule has 0 aromatic rings. The predicted molar refractivity (Wildman–Crippen MR) is 51.7 cm³/mol. The van der Waals surface area contributed by atoms with Gasteiger partial charge < -0.3 is 19.7 Å². The fourth-order valence-electron chi connectivity index (χ4n) is 1.55. The van der Waals surface area contributed by atoms with Crippen molar-refractivity contribution in [2.45, 2.75) is 32.7 Å². The van der Waals surface area contributed by atoms with Crippen molar-refractivity contribution in [2.75, 3.05) is 19.8 Å². The number of hydrogen-bond acceptors (Lipinski definition) is 4. The quantitative estimate of drug-likeness (QED) is 0.697. The Labute approximate surface area is 84.8 Å².